The van der Waals surface area contributed by atoms with E-state index >= 15 is 0 Å². The van der Waals surface area contributed by atoms with Crippen LogP contribution in [0.2, 0.25) is 10.0 Å². The predicted octanol–water partition coefficient (Wildman–Crippen LogP) is 6.12. The summed E-state index contributed by atoms with van der Waals surface area (Å²) in [6.45, 7) is 0. The molecule has 25 heavy (non-hydrogen) atoms. The van der Waals surface area contributed by atoms with Crippen molar-refractivity contribution < 1.29 is 0 Å². The lowest BCUT2D eigenvalue weighted by molar-refractivity contribution is 1.04. The van der Waals surface area contributed by atoms with Gasteiger partial charge < -0.3 is 4.57 Å². The van der Waals surface area contributed by atoms with Crippen molar-refractivity contribution >= 4 is 46.0 Å². The Balaban J connectivity index is 2.05. The fraction of sp³-hybridized carbons (Fsp3) is 0.0526. The van der Waals surface area contributed by atoms with Gasteiger partial charge in [-0.25, -0.2) is 9.97 Å². The van der Waals surface area contributed by atoms with Crippen LogP contribution in [0.5, 0.6) is 0 Å². The molecule has 0 fully saturated rings. The molecule has 2 aromatic heterocycles. The highest BCUT2D eigenvalue weighted by Gasteiger charge is 2.17. The van der Waals surface area contributed by atoms with Gasteiger partial charge in [0.1, 0.15) is 17.0 Å². The quantitative estimate of drug-likeness (QED) is 0.314. The van der Waals surface area contributed by atoms with E-state index in [9.17, 15) is 0 Å². The van der Waals surface area contributed by atoms with Gasteiger partial charge in [0.05, 0.1) is 15.4 Å². The summed E-state index contributed by atoms with van der Waals surface area (Å²) in [5.74, 6) is 0. The maximum absolute atomic E-state index is 6.22. The Labute approximate surface area is 159 Å². The molecule has 0 aliphatic carbocycles. The zero-order valence-electron chi connectivity index (χ0n) is 13.3. The Bertz CT molecular complexity index is 1060. The van der Waals surface area contributed by atoms with Crippen LogP contribution in [0, 0.1) is 0 Å². The topological polar surface area (TPSA) is 30.7 Å². The molecule has 0 saturated carbocycles. The molecule has 0 aliphatic heterocycles. The van der Waals surface area contributed by atoms with E-state index in [1.165, 1.54) is 0 Å². The molecular formula is C19H13Cl2N3S. The third kappa shape index (κ3) is 2.91. The number of aromatic nitrogens is 3. The van der Waals surface area contributed by atoms with Crippen molar-refractivity contribution in [3.63, 3.8) is 0 Å². The molecule has 0 N–H and O–H groups in total. The number of fused-ring (bicyclic) bond motifs is 1. The van der Waals surface area contributed by atoms with Crippen LogP contribution in [0.1, 0.15) is 0 Å². The molecule has 2 heterocycles. The van der Waals surface area contributed by atoms with E-state index < -0.39 is 0 Å². The van der Waals surface area contributed by atoms with Gasteiger partial charge in [0, 0.05) is 17.4 Å². The molecule has 3 nitrogen and oxygen atoms in total. The lowest BCUT2D eigenvalue weighted by Crippen LogP contribution is -1.94. The van der Waals surface area contributed by atoms with E-state index in [4.69, 9.17) is 23.2 Å². The van der Waals surface area contributed by atoms with Crippen LogP contribution in [0.3, 0.4) is 0 Å². The largest absolute Gasteiger partial charge is 0.301 e. The number of hydrogen-bond donors (Lipinski definition) is 0. The van der Waals surface area contributed by atoms with Gasteiger partial charge in [-0.15, -0.1) is 11.8 Å². The first-order chi connectivity index (χ1) is 12.2. The summed E-state index contributed by atoms with van der Waals surface area (Å²) in [6.07, 6.45) is 5.69. The van der Waals surface area contributed by atoms with Crippen molar-refractivity contribution in [1.29, 1.82) is 0 Å². The summed E-state index contributed by atoms with van der Waals surface area (Å²) in [6, 6.07) is 15.8. The average Bonchev–Trinajstić information content (AvgIpc) is 3.04. The molecule has 0 radical (unpaired) electrons. The minimum atomic E-state index is 0.515. The van der Waals surface area contributed by atoms with E-state index in [2.05, 4.69) is 28.3 Å². The smallest absolute Gasteiger partial charge is 0.149 e. The summed E-state index contributed by atoms with van der Waals surface area (Å²) >= 11 is 13.9. The Kier molecular flexibility index (Phi) is 4.42. The molecule has 2 aromatic carbocycles. The lowest BCUT2D eigenvalue weighted by Gasteiger charge is -2.06. The summed E-state index contributed by atoms with van der Waals surface area (Å²) in [5.41, 5.74) is 3.96. The van der Waals surface area contributed by atoms with Gasteiger partial charge in [-0.2, -0.15) is 0 Å². The molecule has 4 aromatic rings. The number of halogens is 2. The maximum Gasteiger partial charge on any atom is 0.149 e. The van der Waals surface area contributed by atoms with Crippen molar-refractivity contribution in [3.05, 3.63) is 71.1 Å². The van der Waals surface area contributed by atoms with Crippen LogP contribution >= 0.6 is 35.0 Å². The highest BCUT2D eigenvalue weighted by molar-refractivity contribution is 7.98. The van der Waals surface area contributed by atoms with Gasteiger partial charge in [0.15, 0.2) is 0 Å². The van der Waals surface area contributed by atoms with E-state index in [1.54, 1.807) is 24.2 Å². The van der Waals surface area contributed by atoms with Crippen LogP contribution in [-0.4, -0.2) is 20.8 Å². The maximum atomic E-state index is 6.22. The van der Waals surface area contributed by atoms with Gasteiger partial charge in [-0.1, -0.05) is 53.5 Å². The van der Waals surface area contributed by atoms with Crippen LogP contribution < -0.4 is 0 Å². The molecule has 0 bridgehead atoms. The Hall–Kier alpha value is -2.01. The fourth-order valence-electron chi connectivity index (χ4n) is 2.86. The molecule has 6 heteroatoms. The minimum absolute atomic E-state index is 0.515. The molecule has 0 amide bonds. The summed E-state index contributed by atoms with van der Waals surface area (Å²) < 4.78 is 2.03. The number of benzene rings is 2. The number of thioether (sulfide) groups is 1. The van der Waals surface area contributed by atoms with Crippen LogP contribution in [0.25, 0.3) is 27.8 Å². The van der Waals surface area contributed by atoms with Crippen molar-refractivity contribution in [1.82, 2.24) is 14.5 Å². The Morgan fingerprint density at radius 3 is 2.48 bits per heavy atom. The molecular weight excluding hydrogens is 373 g/mol. The zero-order valence-corrected chi connectivity index (χ0v) is 15.6. The molecule has 0 saturated heterocycles. The SMILES string of the molecule is CSc1ncnc2c1c(-c1ccccc1)cn2-c1ccc(Cl)c(Cl)c1. The zero-order chi connectivity index (χ0) is 17.4. The minimum Gasteiger partial charge on any atom is -0.301 e. The van der Waals surface area contributed by atoms with E-state index in [-0.39, 0.29) is 0 Å². The molecule has 124 valence electrons. The Morgan fingerprint density at radius 1 is 0.960 bits per heavy atom. The standard InChI is InChI=1S/C19H13Cl2N3S/c1-25-19-17-14(12-5-3-2-4-6-12)10-24(18(17)22-11-23-19)13-7-8-15(20)16(21)9-13/h2-11H,1H3. The second-order valence-electron chi connectivity index (χ2n) is 5.46. The van der Waals surface area contributed by atoms with Crippen LogP contribution in [-0.2, 0) is 0 Å². The molecule has 0 atom stereocenters. The van der Waals surface area contributed by atoms with Crippen molar-refractivity contribution in [3.8, 4) is 16.8 Å². The van der Waals surface area contributed by atoms with Gasteiger partial charge >= 0.3 is 0 Å². The first-order valence-electron chi connectivity index (χ1n) is 7.60. The summed E-state index contributed by atoms with van der Waals surface area (Å²) in [5, 5.41) is 3.03. The van der Waals surface area contributed by atoms with Gasteiger partial charge in [0.25, 0.3) is 0 Å². The highest BCUT2D eigenvalue weighted by atomic mass is 35.5. The predicted molar refractivity (Wildman–Crippen MR) is 106 cm³/mol. The highest BCUT2D eigenvalue weighted by Crippen LogP contribution is 2.36. The Morgan fingerprint density at radius 2 is 1.76 bits per heavy atom. The normalized spacial score (nSPS) is 11.2. The number of nitrogens with zero attached hydrogens (tertiary/aromatic N) is 3. The number of hydrogen-bond acceptors (Lipinski definition) is 3. The first kappa shape index (κ1) is 16.5. The second kappa shape index (κ2) is 6.71. The monoisotopic (exact) mass is 385 g/mol. The van der Waals surface area contributed by atoms with E-state index in [1.807, 2.05) is 41.2 Å². The van der Waals surface area contributed by atoms with E-state index in [0.717, 1.165) is 32.9 Å². The van der Waals surface area contributed by atoms with Gasteiger partial charge in [-0.05, 0) is 30.0 Å². The summed E-state index contributed by atoms with van der Waals surface area (Å²) in [4.78, 5) is 8.97. The average molecular weight is 386 g/mol. The second-order valence-corrected chi connectivity index (χ2v) is 7.07. The molecule has 0 spiro atoms. The third-order valence-electron chi connectivity index (χ3n) is 4.01. The van der Waals surface area contributed by atoms with Crippen LogP contribution in [0.15, 0.2) is 66.1 Å². The molecule has 4 rings (SSSR count). The van der Waals surface area contributed by atoms with E-state index in [0.29, 0.717) is 10.0 Å². The van der Waals surface area contributed by atoms with Crippen molar-refractivity contribution in [2.24, 2.45) is 0 Å². The first-order valence-corrected chi connectivity index (χ1v) is 9.58. The number of rotatable bonds is 3. The summed E-state index contributed by atoms with van der Waals surface area (Å²) in [7, 11) is 0. The van der Waals surface area contributed by atoms with Crippen LogP contribution in [0.4, 0.5) is 0 Å². The molecule has 0 unspecified atom stereocenters. The third-order valence-corrected chi connectivity index (χ3v) is 5.44. The van der Waals surface area contributed by atoms with Gasteiger partial charge in [-0.3, -0.25) is 0 Å². The fourth-order valence-corrected chi connectivity index (χ4v) is 3.71. The van der Waals surface area contributed by atoms with Crippen molar-refractivity contribution in [2.75, 3.05) is 6.26 Å². The van der Waals surface area contributed by atoms with Gasteiger partial charge in [0.2, 0.25) is 0 Å². The lowest BCUT2D eigenvalue weighted by atomic mass is 10.1. The molecule has 0 aliphatic rings. The van der Waals surface area contributed by atoms with Crippen molar-refractivity contribution in [2.45, 2.75) is 5.03 Å².